The molecule has 2 aromatic rings. The number of nitrogens with zero attached hydrogens (tertiary/aromatic N) is 2. The topological polar surface area (TPSA) is 25.8 Å². The summed E-state index contributed by atoms with van der Waals surface area (Å²) in [6, 6.07) is 8.30. The highest BCUT2D eigenvalue weighted by Crippen LogP contribution is 2.35. The van der Waals surface area contributed by atoms with E-state index >= 15 is 0 Å². The van der Waals surface area contributed by atoms with Gasteiger partial charge in [-0.25, -0.2) is 9.97 Å². The average Bonchev–Trinajstić information content (AvgIpc) is 2.95. The molecule has 0 saturated heterocycles. The quantitative estimate of drug-likeness (QED) is 0.720. The van der Waals surface area contributed by atoms with Crippen molar-refractivity contribution in [2.24, 2.45) is 0 Å². The Balaban J connectivity index is 2.06. The third-order valence-corrected chi connectivity index (χ3v) is 4.32. The van der Waals surface area contributed by atoms with E-state index < -0.39 is 0 Å². The fourth-order valence-corrected chi connectivity index (χ4v) is 3.15. The van der Waals surface area contributed by atoms with Crippen LogP contribution in [-0.4, -0.2) is 9.97 Å². The van der Waals surface area contributed by atoms with Crippen molar-refractivity contribution in [2.45, 2.75) is 45.4 Å². The maximum atomic E-state index is 6.22. The van der Waals surface area contributed by atoms with Crippen LogP contribution in [0.4, 0.5) is 0 Å². The average molecular weight is 287 g/mol. The molecular weight excluding hydrogens is 268 g/mol. The van der Waals surface area contributed by atoms with Gasteiger partial charge in [-0.2, -0.15) is 0 Å². The van der Waals surface area contributed by atoms with Gasteiger partial charge in [0.2, 0.25) is 0 Å². The van der Waals surface area contributed by atoms with Gasteiger partial charge < -0.3 is 0 Å². The van der Waals surface area contributed by atoms with Crippen LogP contribution in [0.1, 0.15) is 48.4 Å². The van der Waals surface area contributed by atoms with Gasteiger partial charge >= 0.3 is 0 Å². The summed E-state index contributed by atoms with van der Waals surface area (Å²) in [6.45, 7) is 4.18. The molecule has 0 aliphatic heterocycles. The van der Waals surface area contributed by atoms with Crippen molar-refractivity contribution in [3.05, 3.63) is 46.2 Å². The van der Waals surface area contributed by atoms with E-state index in [1.807, 2.05) is 6.07 Å². The molecule has 1 aromatic heterocycles. The monoisotopic (exact) mass is 286 g/mol. The van der Waals surface area contributed by atoms with Crippen molar-refractivity contribution in [3.8, 4) is 11.4 Å². The Bertz CT molecular complexity index is 631. The summed E-state index contributed by atoms with van der Waals surface area (Å²) in [5.74, 6) is 1.32. The Morgan fingerprint density at radius 2 is 1.80 bits per heavy atom. The van der Waals surface area contributed by atoms with E-state index in [9.17, 15) is 0 Å². The van der Waals surface area contributed by atoms with Crippen LogP contribution in [0.5, 0.6) is 0 Å². The molecule has 0 amide bonds. The maximum absolute atomic E-state index is 6.22. The van der Waals surface area contributed by atoms with Gasteiger partial charge in [0.05, 0.1) is 0 Å². The van der Waals surface area contributed by atoms with Gasteiger partial charge in [-0.3, -0.25) is 0 Å². The molecule has 1 aromatic carbocycles. The van der Waals surface area contributed by atoms with Crippen LogP contribution >= 0.6 is 11.6 Å². The van der Waals surface area contributed by atoms with Gasteiger partial charge in [-0.1, -0.05) is 42.1 Å². The predicted octanol–water partition coefficient (Wildman–Crippen LogP) is 5.07. The molecule has 1 fully saturated rings. The predicted molar refractivity (Wildman–Crippen MR) is 83.2 cm³/mol. The van der Waals surface area contributed by atoms with Crippen LogP contribution in [0.3, 0.4) is 0 Å². The van der Waals surface area contributed by atoms with Crippen LogP contribution in [-0.2, 0) is 0 Å². The van der Waals surface area contributed by atoms with Crippen LogP contribution in [0.25, 0.3) is 11.4 Å². The molecule has 0 radical (unpaired) electrons. The summed E-state index contributed by atoms with van der Waals surface area (Å²) in [4.78, 5) is 9.22. The Labute approximate surface area is 125 Å². The molecule has 3 rings (SSSR count). The molecular formula is C17H19ClN2. The zero-order chi connectivity index (χ0) is 14.1. The van der Waals surface area contributed by atoms with Gasteiger partial charge in [0.1, 0.15) is 5.15 Å². The van der Waals surface area contributed by atoms with E-state index in [2.05, 4.69) is 37.0 Å². The first-order valence-corrected chi connectivity index (χ1v) is 7.63. The molecule has 1 aliphatic rings. The van der Waals surface area contributed by atoms with Crippen molar-refractivity contribution in [1.82, 2.24) is 9.97 Å². The lowest BCUT2D eigenvalue weighted by Gasteiger charge is -2.12. The number of aromatic nitrogens is 2. The van der Waals surface area contributed by atoms with Gasteiger partial charge in [0.15, 0.2) is 5.82 Å². The largest absolute Gasteiger partial charge is 0.233 e. The number of hydrogen-bond donors (Lipinski definition) is 0. The molecule has 1 aliphatic carbocycles. The molecule has 2 nitrogen and oxygen atoms in total. The third kappa shape index (κ3) is 2.71. The number of rotatable bonds is 2. The molecule has 1 heterocycles. The van der Waals surface area contributed by atoms with Crippen molar-refractivity contribution < 1.29 is 0 Å². The smallest absolute Gasteiger partial charge is 0.161 e. The molecule has 1 saturated carbocycles. The Morgan fingerprint density at radius 1 is 1.05 bits per heavy atom. The fraction of sp³-hybridized carbons (Fsp3) is 0.412. The van der Waals surface area contributed by atoms with Crippen molar-refractivity contribution in [3.63, 3.8) is 0 Å². The minimum absolute atomic E-state index is 0.554. The summed E-state index contributed by atoms with van der Waals surface area (Å²) in [7, 11) is 0. The first-order valence-electron chi connectivity index (χ1n) is 7.25. The second kappa shape index (κ2) is 5.53. The highest BCUT2D eigenvalue weighted by molar-refractivity contribution is 6.29. The SMILES string of the molecule is Cc1ccc(C)c(-c2nc(Cl)cc(C3CCCC3)n2)c1. The maximum Gasteiger partial charge on any atom is 0.161 e. The van der Waals surface area contributed by atoms with Gasteiger partial charge in [0, 0.05) is 17.2 Å². The van der Waals surface area contributed by atoms with Crippen molar-refractivity contribution >= 4 is 11.6 Å². The van der Waals surface area contributed by atoms with Crippen LogP contribution < -0.4 is 0 Å². The highest BCUT2D eigenvalue weighted by Gasteiger charge is 2.20. The molecule has 0 unspecified atom stereocenters. The molecule has 104 valence electrons. The van der Waals surface area contributed by atoms with Crippen molar-refractivity contribution in [2.75, 3.05) is 0 Å². The standard InChI is InChI=1S/C17H19ClN2/c1-11-7-8-12(2)14(9-11)17-19-15(10-16(18)20-17)13-5-3-4-6-13/h7-10,13H,3-6H2,1-2H3. The molecule has 0 atom stereocenters. The number of benzene rings is 1. The Kier molecular flexibility index (Phi) is 3.75. The summed E-state index contributed by atoms with van der Waals surface area (Å²) in [5.41, 5.74) is 4.61. The van der Waals surface area contributed by atoms with Gasteiger partial charge in [0.25, 0.3) is 0 Å². The van der Waals surface area contributed by atoms with Crippen LogP contribution in [0, 0.1) is 13.8 Å². The third-order valence-electron chi connectivity index (χ3n) is 4.12. The molecule has 0 N–H and O–H groups in total. The van der Waals surface area contributed by atoms with Gasteiger partial charge in [-0.05, 0) is 44.4 Å². The second-order valence-corrected chi connectivity index (χ2v) is 6.13. The Morgan fingerprint density at radius 3 is 2.55 bits per heavy atom. The zero-order valence-corrected chi connectivity index (χ0v) is 12.7. The fourth-order valence-electron chi connectivity index (χ4n) is 2.96. The lowest BCUT2D eigenvalue weighted by molar-refractivity contribution is 0.695. The molecule has 3 heteroatoms. The number of hydrogen-bond acceptors (Lipinski definition) is 2. The van der Waals surface area contributed by atoms with E-state index in [0.717, 1.165) is 17.1 Å². The second-order valence-electron chi connectivity index (χ2n) is 5.74. The summed E-state index contributed by atoms with van der Waals surface area (Å²) >= 11 is 6.22. The first-order chi connectivity index (χ1) is 9.63. The van der Waals surface area contributed by atoms with E-state index in [4.69, 9.17) is 16.6 Å². The molecule has 20 heavy (non-hydrogen) atoms. The lowest BCUT2D eigenvalue weighted by Crippen LogP contribution is -2.01. The minimum Gasteiger partial charge on any atom is -0.233 e. The first kappa shape index (κ1) is 13.6. The summed E-state index contributed by atoms with van der Waals surface area (Å²) in [5, 5.41) is 0.554. The zero-order valence-electron chi connectivity index (χ0n) is 12.0. The van der Waals surface area contributed by atoms with Crippen LogP contribution in [0.15, 0.2) is 24.3 Å². The number of halogens is 1. The Hall–Kier alpha value is -1.41. The molecule has 0 bridgehead atoms. The summed E-state index contributed by atoms with van der Waals surface area (Å²) < 4.78 is 0. The highest BCUT2D eigenvalue weighted by atomic mass is 35.5. The summed E-state index contributed by atoms with van der Waals surface area (Å²) in [6.07, 6.45) is 5.04. The minimum atomic E-state index is 0.554. The van der Waals surface area contributed by atoms with Crippen LogP contribution in [0.2, 0.25) is 5.15 Å². The van der Waals surface area contributed by atoms with Gasteiger partial charge in [-0.15, -0.1) is 0 Å². The van der Waals surface area contributed by atoms with E-state index in [1.54, 1.807) is 0 Å². The van der Waals surface area contributed by atoms with E-state index in [0.29, 0.717) is 11.1 Å². The lowest BCUT2D eigenvalue weighted by atomic mass is 10.0. The number of aryl methyl sites for hydroxylation is 2. The van der Waals surface area contributed by atoms with E-state index in [-0.39, 0.29) is 0 Å². The van der Waals surface area contributed by atoms with E-state index in [1.165, 1.54) is 36.8 Å². The molecule has 0 spiro atoms. The normalized spacial score (nSPS) is 15.8. The van der Waals surface area contributed by atoms with Crippen molar-refractivity contribution in [1.29, 1.82) is 0 Å².